The molecule has 1 saturated heterocycles. The largest absolute Gasteiger partial charge is 0.402 e. The Labute approximate surface area is 189 Å². The highest BCUT2D eigenvalue weighted by Crippen LogP contribution is 2.26. The normalized spacial score (nSPS) is 17.3. The number of amides is 2. The number of halogens is 1. The number of rotatable bonds is 3. The SMILES string of the molecule is O=C1OC(c2ccc(F)c3ccccc23)=N/C1=C/N1CCN(C(=O)Nc2ccccc2)CC1. The number of nitrogens with one attached hydrogen (secondary N) is 1. The number of ether oxygens (including phenoxy) is 1. The molecule has 2 amide bonds. The third-order valence-electron chi connectivity index (χ3n) is 5.65. The van der Waals surface area contributed by atoms with E-state index in [0.717, 1.165) is 5.69 Å². The Morgan fingerprint density at radius 3 is 2.39 bits per heavy atom. The molecule has 166 valence electrons. The number of anilines is 1. The summed E-state index contributed by atoms with van der Waals surface area (Å²) in [7, 11) is 0. The van der Waals surface area contributed by atoms with Crippen molar-refractivity contribution in [1.82, 2.24) is 9.80 Å². The zero-order valence-electron chi connectivity index (χ0n) is 17.7. The van der Waals surface area contributed by atoms with Crippen molar-refractivity contribution in [2.45, 2.75) is 0 Å². The summed E-state index contributed by atoms with van der Waals surface area (Å²) >= 11 is 0. The molecule has 0 saturated carbocycles. The summed E-state index contributed by atoms with van der Waals surface area (Å²) in [6.07, 6.45) is 1.66. The minimum Gasteiger partial charge on any atom is -0.402 e. The Balaban J connectivity index is 1.28. The van der Waals surface area contributed by atoms with Gasteiger partial charge >= 0.3 is 12.0 Å². The second-order valence-corrected chi connectivity index (χ2v) is 7.78. The van der Waals surface area contributed by atoms with Gasteiger partial charge in [-0.2, -0.15) is 0 Å². The minimum absolute atomic E-state index is 0.155. The highest BCUT2D eigenvalue weighted by Gasteiger charge is 2.28. The zero-order chi connectivity index (χ0) is 22.8. The first-order chi connectivity index (χ1) is 16.1. The smallest absolute Gasteiger partial charge is 0.365 e. The number of para-hydroxylation sites is 1. The van der Waals surface area contributed by atoms with Gasteiger partial charge in [0.25, 0.3) is 0 Å². The van der Waals surface area contributed by atoms with Crippen LogP contribution in [0.2, 0.25) is 0 Å². The number of hydrogen-bond acceptors (Lipinski definition) is 5. The Morgan fingerprint density at radius 1 is 0.939 bits per heavy atom. The predicted molar refractivity (Wildman–Crippen MR) is 123 cm³/mol. The lowest BCUT2D eigenvalue weighted by Gasteiger charge is -2.34. The fourth-order valence-electron chi connectivity index (χ4n) is 3.91. The highest BCUT2D eigenvalue weighted by molar-refractivity contribution is 6.16. The molecule has 7 nitrogen and oxygen atoms in total. The molecule has 3 aromatic rings. The number of fused-ring (bicyclic) bond motifs is 1. The van der Waals surface area contributed by atoms with E-state index in [1.165, 1.54) is 6.07 Å². The van der Waals surface area contributed by atoms with Crippen LogP contribution in [-0.4, -0.2) is 53.9 Å². The topological polar surface area (TPSA) is 74.2 Å². The standard InChI is InChI=1S/C25H21FN4O3/c26-21-11-10-20(18-8-4-5-9-19(18)21)23-28-22(24(31)33-23)16-29-12-14-30(15-13-29)25(32)27-17-6-2-1-3-7-17/h1-11,16H,12-15H2,(H,27,32)/b22-16+. The number of esters is 1. The van der Waals surface area contributed by atoms with E-state index in [-0.39, 0.29) is 23.4 Å². The number of nitrogens with zero attached hydrogens (tertiary/aromatic N) is 3. The van der Waals surface area contributed by atoms with Crippen molar-refractivity contribution in [3.63, 3.8) is 0 Å². The maximum Gasteiger partial charge on any atom is 0.365 e. The molecule has 8 heteroatoms. The van der Waals surface area contributed by atoms with E-state index in [9.17, 15) is 14.0 Å². The van der Waals surface area contributed by atoms with Crippen LogP contribution in [0.25, 0.3) is 10.8 Å². The van der Waals surface area contributed by atoms with Crippen LogP contribution in [0.5, 0.6) is 0 Å². The second kappa shape index (κ2) is 8.74. The van der Waals surface area contributed by atoms with Crippen LogP contribution in [0.15, 0.2) is 83.6 Å². The molecule has 2 heterocycles. The molecule has 2 aliphatic heterocycles. The Bertz CT molecular complexity index is 1280. The van der Waals surface area contributed by atoms with E-state index in [4.69, 9.17) is 4.74 Å². The molecule has 0 aromatic heterocycles. The first-order valence-corrected chi connectivity index (χ1v) is 10.6. The summed E-state index contributed by atoms with van der Waals surface area (Å²) in [6, 6.07) is 19.0. The summed E-state index contributed by atoms with van der Waals surface area (Å²) in [4.78, 5) is 32.9. The van der Waals surface area contributed by atoms with Crippen molar-refractivity contribution in [1.29, 1.82) is 0 Å². The molecule has 5 rings (SSSR count). The molecule has 0 unspecified atom stereocenters. The maximum absolute atomic E-state index is 14.1. The van der Waals surface area contributed by atoms with E-state index < -0.39 is 5.97 Å². The van der Waals surface area contributed by atoms with Crippen molar-refractivity contribution < 1.29 is 18.7 Å². The van der Waals surface area contributed by atoms with Gasteiger partial charge in [-0.15, -0.1) is 0 Å². The molecule has 0 spiro atoms. The molecule has 0 aliphatic carbocycles. The second-order valence-electron chi connectivity index (χ2n) is 7.78. The molecular formula is C25H21FN4O3. The first-order valence-electron chi connectivity index (χ1n) is 10.6. The fourth-order valence-corrected chi connectivity index (χ4v) is 3.91. The molecule has 1 fully saturated rings. The number of cyclic esters (lactones) is 1. The van der Waals surface area contributed by atoms with Crippen LogP contribution < -0.4 is 5.32 Å². The number of hydrogen-bond donors (Lipinski definition) is 1. The summed E-state index contributed by atoms with van der Waals surface area (Å²) < 4.78 is 19.5. The monoisotopic (exact) mass is 444 g/mol. The molecule has 3 aromatic carbocycles. The van der Waals surface area contributed by atoms with Gasteiger partial charge in [-0.3, -0.25) is 0 Å². The van der Waals surface area contributed by atoms with Gasteiger partial charge in [-0.05, 0) is 29.7 Å². The molecule has 33 heavy (non-hydrogen) atoms. The first kappa shape index (κ1) is 20.7. The van der Waals surface area contributed by atoms with Gasteiger partial charge in [0, 0.05) is 49.0 Å². The van der Waals surface area contributed by atoms with E-state index in [1.807, 2.05) is 35.2 Å². The van der Waals surface area contributed by atoms with Crippen LogP contribution in [0, 0.1) is 5.82 Å². The number of aliphatic imine (C=N–C) groups is 1. The van der Waals surface area contributed by atoms with Crippen LogP contribution in [0.1, 0.15) is 5.56 Å². The Hall–Kier alpha value is -4.20. The average Bonchev–Trinajstić information content (AvgIpc) is 3.20. The number of urea groups is 1. The lowest BCUT2D eigenvalue weighted by atomic mass is 10.0. The van der Waals surface area contributed by atoms with Crippen LogP contribution in [0.3, 0.4) is 0 Å². The third-order valence-corrected chi connectivity index (χ3v) is 5.65. The average molecular weight is 444 g/mol. The van der Waals surface area contributed by atoms with E-state index in [1.54, 1.807) is 41.4 Å². The van der Waals surface area contributed by atoms with Gasteiger partial charge < -0.3 is 19.9 Å². The summed E-state index contributed by atoms with van der Waals surface area (Å²) in [5.41, 5.74) is 1.49. The fraction of sp³-hybridized carbons (Fsp3) is 0.160. The van der Waals surface area contributed by atoms with Gasteiger partial charge in [0.2, 0.25) is 5.90 Å². The van der Waals surface area contributed by atoms with E-state index >= 15 is 0 Å². The van der Waals surface area contributed by atoms with Crippen LogP contribution >= 0.6 is 0 Å². The number of benzene rings is 3. The van der Waals surface area contributed by atoms with E-state index in [0.29, 0.717) is 42.5 Å². The van der Waals surface area contributed by atoms with Gasteiger partial charge in [0.1, 0.15) is 5.82 Å². The van der Waals surface area contributed by atoms with Crippen molar-refractivity contribution in [2.24, 2.45) is 4.99 Å². The number of carbonyl (C=O) groups excluding carboxylic acids is 2. The lowest BCUT2D eigenvalue weighted by Crippen LogP contribution is -2.48. The quantitative estimate of drug-likeness (QED) is 0.490. The van der Waals surface area contributed by atoms with Gasteiger partial charge in [-0.1, -0.05) is 42.5 Å². The maximum atomic E-state index is 14.1. The molecule has 0 radical (unpaired) electrons. The third kappa shape index (κ3) is 4.27. The van der Waals surface area contributed by atoms with Crippen molar-refractivity contribution in [3.8, 4) is 0 Å². The van der Waals surface area contributed by atoms with E-state index in [2.05, 4.69) is 10.3 Å². The molecule has 1 N–H and O–H groups in total. The molecule has 0 bridgehead atoms. The Morgan fingerprint density at radius 2 is 1.64 bits per heavy atom. The van der Waals surface area contributed by atoms with Crippen molar-refractivity contribution >= 4 is 34.4 Å². The highest BCUT2D eigenvalue weighted by atomic mass is 19.1. The predicted octanol–water partition coefficient (Wildman–Crippen LogP) is 3.97. The Kier molecular flexibility index (Phi) is 5.48. The van der Waals surface area contributed by atoms with Crippen LogP contribution in [0.4, 0.5) is 14.9 Å². The van der Waals surface area contributed by atoms with Gasteiger partial charge in [0.05, 0.1) is 0 Å². The van der Waals surface area contributed by atoms with Crippen molar-refractivity contribution in [2.75, 3.05) is 31.5 Å². The van der Waals surface area contributed by atoms with Gasteiger partial charge in [0.15, 0.2) is 5.70 Å². The summed E-state index contributed by atoms with van der Waals surface area (Å²) in [5.74, 6) is -0.741. The van der Waals surface area contributed by atoms with Gasteiger partial charge in [-0.25, -0.2) is 19.0 Å². The van der Waals surface area contributed by atoms with Crippen molar-refractivity contribution in [3.05, 3.63) is 90.0 Å². The summed E-state index contributed by atoms with van der Waals surface area (Å²) in [5, 5.41) is 3.95. The number of carbonyl (C=O) groups is 2. The number of piperazine rings is 1. The molecule has 2 aliphatic rings. The van der Waals surface area contributed by atoms with Crippen LogP contribution in [-0.2, 0) is 9.53 Å². The zero-order valence-corrected chi connectivity index (χ0v) is 17.7. The summed E-state index contributed by atoms with van der Waals surface area (Å²) in [6.45, 7) is 2.14. The molecular weight excluding hydrogens is 423 g/mol. The minimum atomic E-state index is -0.553. The molecule has 0 atom stereocenters. The lowest BCUT2D eigenvalue weighted by molar-refractivity contribution is -0.130.